The van der Waals surface area contributed by atoms with Crippen LogP contribution < -0.4 is 10.2 Å². The first-order valence-electron chi connectivity index (χ1n) is 8.86. The summed E-state index contributed by atoms with van der Waals surface area (Å²) in [6.45, 7) is 8.36. The molecule has 0 spiro atoms. The first-order valence-corrected chi connectivity index (χ1v) is 8.86. The summed E-state index contributed by atoms with van der Waals surface area (Å²) in [5, 5.41) is 3.01. The molecule has 0 radical (unpaired) electrons. The molecule has 25 heavy (non-hydrogen) atoms. The zero-order valence-corrected chi connectivity index (χ0v) is 15.0. The molecule has 1 atom stereocenters. The largest absolute Gasteiger partial charge is 0.369 e. The predicted octanol–water partition coefficient (Wildman–Crippen LogP) is 2.22. The molecule has 1 fully saturated rings. The van der Waals surface area contributed by atoms with Crippen LogP contribution in [0.4, 0.5) is 5.69 Å². The van der Waals surface area contributed by atoms with Gasteiger partial charge < -0.3 is 10.2 Å². The molecule has 0 unspecified atom stereocenters. The van der Waals surface area contributed by atoms with E-state index in [-0.39, 0.29) is 11.9 Å². The summed E-state index contributed by atoms with van der Waals surface area (Å²) in [5.41, 5.74) is 3.63. The molecule has 1 aliphatic rings. The van der Waals surface area contributed by atoms with Crippen LogP contribution in [0.25, 0.3) is 0 Å². The third-order valence-electron chi connectivity index (χ3n) is 4.89. The summed E-state index contributed by atoms with van der Waals surface area (Å²) in [7, 11) is 0. The molecular weight excluding hydrogens is 312 g/mol. The Kier molecular flexibility index (Phi) is 5.66. The van der Waals surface area contributed by atoms with Gasteiger partial charge in [0.05, 0.1) is 6.04 Å². The van der Waals surface area contributed by atoms with E-state index in [0.717, 1.165) is 31.7 Å². The third kappa shape index (κ3) is 4.37. The van der Waals surface area contributed by atoms with Crippen LogP contribution in [0.3, 0.4) is 0 Å². The molecule has 0 saturated carbocycles. The minimum absolute atomic E-state index is 0.0770. The molecule has 0 bridgehead atoms. The number of benzene rings is 1. The van der Waals surface area contributed by atoms with Gasteiger partial charge >= 0.3 is 0 Å². The van der Waals surface area contributed by atoms with Crippen LogP contribution in [0.5, 0.6) is 0 Å². The number of rotatable bonds is 5. The van der Waals surface area contributed by atoms with Crippen molar-refractivity contribution in [3.63, 3.8) is 0 Å². The van der Waals surface area contributed by atoms with Crippen molar-refractivity contribution in [2.45, 2.75) is 26.4 Å². The predicted molar refractivity (Wildman–Crippen MR) is 101 cm³/mol. The summed E-state index contributed by atoms with van der Waals surface area (Å²) in [6.07, 6.45) is 3.52. The fourth-order valence-electron chi connectivity index (χ4n) is 3.27. The Morgan fingerprint density at radius 3 is 2.60 bits per heavy atom. The Morgan fingerprint density at radius 2 is 1.92 bits per heavy atom. The zero-order valence-electron chi connectivity index (χ0n) is 15.0. The molecule has 0 aliphatic carbocycles. The quantitative estimate of drug-likeness (QED) is 0.908. The van der Waals surface area contributed by atoms with Gasteiger partial charge in [0.1, 0.15) is 0 Å². The van der Waals surface area contributed by atoms with Crippen LogP contribution in [-0.4, -0.2) is 48.0 Å². The summed E-state index contributed by atoms with van der Waals surface area (Å²) in [6, 6.07) is 12.2. The van der Waals surface area contributed by atoms with Crippen LogP contribution in [0, 0.1) is 6.92 Å². The highest BCUT2D eigenvalue weighted by molar-refractivity contribution is 5.81. The third-order valence-corrected chi connectivity index (χ3v) is 4.89. The monoisotopic (exact) mass is 338 g/mol. The minimum Gasteiger partial charge on any atom is -0.369 e. The van der Waals surface area contributed by atoms with E-state index in [1.54, 1.807) is 12.4 Å². The maximum absolute atomic E-state index is 12.4. The second-order valence-electron chi connectivity index (χ2n) is 6.56. The standard InChI is InChI=1S/C20H26N4O/c1-16-6-3-4-8-19(16)24-12-10-23(11-13-24)17(2)20(25)22-15-18-7-5-9-21-14-18/h3-9,14,17H,10-13,15H2,1-2H3,(H,22,25)/t17-/m0/s1. The fraction of sp³-hybridized carbons (Fsp3) is 0.400. The van der Waals surface area contributed by atoms with Gasteiger partial charge in [-0.15, -0.1) is 0 Å². The van der Waals surface area contributed by atoms with Crippen LogP contribution >= 0.6 is 0 Å². The van der Waals surface area contributed by atoms with Crippen molar-refractivity contribution >= 4 is 11.6 Å². The fourth-order valence-corrected chi connectivity index (χ4v) is 3.27. The Bertz CT molecular complexity index is 696. The lowest BCUT2D eigenvalue weighted by molar-refractivity contribution is -0.126. The Labute approximate surface area is 149 Å². The Hall–Kier alpha value is -2.40. The maximum atomic E-state index is 12.4. The number of pyridine rings is 1. The molecule has 1 aromatic heterocycles. The minimum atomic E-state index is -0.115. The van der Waals surface area contributed by atoms with Gasteiger partial charge in [0, 0.05) is 50.8 Å². The number of hydrogen-bond donors (Lipinski definition) is 1. The lowest BCUT2D eigenvalue weighted by atomic mass is 10.1. The van der Waals surface area contributed by atoms with E-state index >= 15 is 0 Å². The van der Waals surface area contributed by atoms with E-state index < -0.39 is 0 Å². The normalized spacial score (nSPS) is 16.5. The Balaban J connectivity index is 1.50. The summed E-state index contributed by atoms with van der Waals surface area (Å²) < 4.78 is 0. The molecule has 5 heteroatoms. The number of carbonyl (C=O) groups excluding carboxylic acids is 1. The SMILES string of the molecule is Cc1ccccc1N1CCN([C@@H](C)C(=O)NCc2cccnc2)CC1. The Morgan fingerprint density at radius 1 is 1.16 bits per heavy atom. The number of nitrogens with zero attached hydrogens (tertiary/aromatic N) is 3. The molecule has 132 valence electrons. The second kappa shape index (κ2) is 8.12. The number of nitrogens with one attached hydrogen (secondary N) is 1. The molecule has 3 rings (SSSR count). The van der Waals surface area contributed by atoms with E-state index in [2.05, 4.69) is 51.3 Å². The number of aryl methyl sites for hydroxylation is 1. The van der Waals surface area contributed by atoms with Gasteiger partial charge in [0.15, 0.2) is 0 Å². The van der Waals surface area contributed by atoms with Crippen molar-refractivity contribution in [3.8, 4) is 0 Å². The summed E-state index contributed by atoms with van der Waals surface area (Å²) in [4.78, 5) is 21.2. The highest BCUT2D eigenvalue weighted by atomic mass is 16.2. The second-order valence-corrected chi connectivity index (χ2v) is 6.56. The molecule has 1 amide bonds. The van der Waals surface area contributed by atoms with Crippen LogP contribution in [0.2, 0.25) is 0 Å². The number of hydrogen-bond acceptors (Lipinski definition) is 4. The summed E-state index contributed by atoms with van der Waals surface area (Å²) >= 11 is 0. The van der Waals surface area contributed by atoms with Gasteiger partial charge in [0.2, 0.25) is 5.91 Å². The van der Waals surface area contributed by atoms with Gasteiger partial charge in [-0.1, -0.05) is 24.3 Å². The van der Waals surface area contributed by atoms with Gasteiger partial charge in [-0.05, 0) is 37.1 Å². The zero-order chi connectivity index (χ0) is 17.6. The first kappa shape index (κ1) is 17.4. The summed E-state index contributed by atoms with van der Waals surface area (Å²) in [5.74, 6) is 0.0770. The number of amides is 1. The number of aromatic nitrogens is 1. The van der Waals surface area contributed by atoms with E-state index in [4.69, 9.17) is 0 Å². The van der Waals surface area contributed by atoms with Crippen LogP contribution in [0.15, 0.2) is 48.8 Å². The highest BCUT2D eigenvalue weighted by Gasteiger charge is 2.25. The lowest BCUT2D eigenvalue weighted by Gasteiger charge is -2.39. The van der Waals surface area contributed by atoms with E-state index in [1.165, 1.54) is 11.3 Å². The van der Waals surface area contributed by atoms with Crippen molar-refractivity contribution in [2.75, 3.05) is 31.1 Å². The molecule has 1 aromatic carbocycles. The molecule has 2 aromatic rings. The average molecular weight is 338 g/mol. The molecular formula is C20H26N4O. The van der Waals surface area contributed by atoms with Gasteiger partial charge in [0.25, 0.3) is 0 Å². The highest BCUT2D eigenvalue weighted by Crippen LogP contribution is 2.21. The number of anilines is 1. The maximum Gasteiger partial charge on any atom is 0.237 e. The number of carbonyl (C=O) groups is 1. The van der Waals surface area contributed by atoms with Crippen molar-refractivity contribution in [1.82, 2.24) is 15.2 Å². The molecule has 5 nitrogen and oxygen atoms in total. The molecule has 2 heterocycles. The van der Waals surface area contributed by atoms with Gasteiger partial charge in [-0.3, -0.25) is 14.7 Å². The van der Waals surface area contributed by atoms with Crippen molar-refractivity contribution in [2.24, 2.45) is 0 Å². The lowest BCUT2D eigenvalue weighted by Crippen LogP contribution is -2.54. The van der Waals surface area contributed by atoms with Crippen molar-refractivity contribution < 1.29 is 4.79 Å². The smallest absolute Gasteiger partial charge is 0.237 e. The molecule has 1 saturated heterocycles. The van der Waals surface area contributed by atoms with Crippen molar-refractivity contribution in [1.29, 1.82) is 0 Å². The van der Waals surface area contributed by atoms with E-state index in [0.29, 0.717) is 6.54 Å². The van der Waals surface area contributed by atoms with Crippen LogP contribution in [-0.2, 0) is 11.3 Å². The van der Waals surface area contributed by atoms with Gasteiger partial charge in [-0.2, -0.15) is 0 Å². The van der Waals surface area contributed by atoms with E-state index in [9.17, 15) is 4.79 Å². The number of piperazine rings is 1. The topological polar surface area (TPSA) is 48.5 Å². The van der Waals surface area contributed by atoms with Gasteiger partial charge in [-0.25, -0.2) is 0 Å². The van der Waals surface area contributed by atoms with Crippen molar-refractivity contribution in [3.05, 3.63) is 59.9 Å². The molecule has 1 N–H and O–H groups in total. The first-order chi connectivity index (χ1) is 12.1. The van der Waals surface area contributed by atoms with E-state index in [1.807, 2.05) is 19.1 Å². The average Bonchev–Trinajstić information content (AvgIpc) is 2.67. The van der Waals surface area contributed by atoms with Crippen LogP contribution in [0.1, 0.15) is 18.1 Å². The number of para-hydroxylation sites is 1. The molecule has 1 aliphatic heterocycles.